The summed E-state index contributed by atoms with van der Waals surface area (Å²) in [4.78, 5) is 20.7. The van der Waals surface area contributed by atoms with Gasteiger partial charge in [0.1, 0.15) is 5.69 Å². The second-order valence-electron chi connectivity index (χ2n) is 3.08. The number of carbonyl (C=O) groups is 1. The zero-order chi connectivity index (χ0) is 10.8. The van der Waals surface area contributed by atoms with Crippen LogP contribution in [0.15, 0.2) is 30.7 Å². The molecule has 1 amide bonds. The molecule has 2 rings (SSSR count). The molecule has 0 aromatic carbocycles. The highest BCUT2D eigenvalue weighted by Gasteiger charge is 2.14. The topological polar surface area (TPSA) is 46.8 Å². The van der Waals surface area contributed by atoms with E-state index >= 15 is 0 Å². The molecule has 0 atom stereocenters. The van der Waals surface area contributed by atoms with E-state index in [0.717, 1.165) is 5.52 Å². The fraction of sp³-hybridized carbons (Fsp3) is 0.200. The van der Waals surface area contributed by atoms with Crippen LogP contribution in [-0.2, 0) is 4.84 Å². The van der Waals surface area contributed by atoms with Crippen molar-refractivity contribution in [1.29, 1.82) is 0 Å². The highest BCUT2D eigenvalue weighted by atomic mass is 16.7. The molecule has 0 aliphatic heterocycles. The van der Waals surface area contributed by atoms with Crippen LogP contribution in [0.25, 0.3) is 5.52 Å². The average molecular weight is 205 g/mol. The van der Waals surface area contributed by atoms with Gasteiger partial charge < -0.3 is 0 Å². The summed E-state index contributed by atoms with van der Waals surface area (Å²) in [5.74, 6) is -0.207. The lowest BCUT2D eigenvalue weighted by Gasteiger charge is -2.14. The summed E-state index contributed by atoms with van der Waals surface area (Å²) < 4.78 is 1.72. The Bertz CT molecular complexity index is 492. The van der Waals surface area contributed by atoms with E-state index in [9.17, 15) is 4.79 Å². The van der Waals surface area contributed by atoms with Gasteiger partial charge in [-0.05, 0) is 12.1 Å². The first-order valence-corrected chi connectivity index (χ1v) is 4.47. The maximum atomic E-state index is 11.8. The molecule has 2 aromatic heterocycles. The molecule has 0 aliphatic rings. The van der Waals surface area contributed by atoms with Crippen LogP contribution in [0.1, 0.15) is 10.5 Å². The summed E-state index contributed by atoms with van der Waals surface area (Å²) >= 11 is 0. The predicted molar refractivity (Wildman–Crippen MR) is 54.3 cm³/mol. The van der Waals surface area contributed by atoms with Crippen molar-refractivity contribution < 1.29 is 9.63 Å². The van der Waals surface area contributed by atoms with Crippen LogP contribution >= 0.6 is 0 Å². The number of imidazole rings is 1. The first-order chi connectivity index (χ1) is 7.24. The van der Waals surface area contributed by atoms with E-state index in [-0.39, 0.29) is 5.91 Å². The molecule has 15 heavy (non-hydrogen) atoms. The Hall–Kier alpha value is -1.88. The van der Waals surface area contributed by atoms with E-state index < -0.39 is 0 Å². The van der Waals surface area contributed by atoms with Gasteiger partial charge in [0.25, 0.3) is 5.91 Å². The molecule has 0 saturated carbocycles. The van der Waals surface area contributed by atoms with Gasteiger partial charge in [-0.2, -0.15) is 0 Å². The van der Waals surface area contributed by atoms with Gasteiger partial charge in [-0.25, -0.2) is 10.0 Å². The Morgan fingerprint density at radius 3 is 3.07 bits per heavy atom. The van der Waals surface area contributed by atoms with Crippen molar-refractivity contribution in [2.45, 2.75) is 0 Å². The number of fused-ring (bicyclic) bond motifs is 1. The number of pyridine rings is 1. The van der Waals surface area contributed by atoms with Gasteiger partial charge in [-0.3, -0.25) is 14.0 Å². The van der Waals surface area contributed by atoms with Gasteiger partial charge in [-0.1, -0.05) is 6.07 Å². The van der Waals surface area contributed by atoms with Crippen LogP contribution < -0.4 is 0 Å². The summed E-state index contributed by atoms with van der Waals surface area (Å²) in [5, 5.41) is 1.18. The lowest BCUT2D eigenvalue weighted by atomic mass is 10.3. The average Bonchev–Trinajstić information content (AvgIpc) is 2.74. The van der Waals surface area contributed by atoms with E-state index in [4.69, 9.17) is 4.84 Å². The maximum absolute atomic E-state index is 11.8. The van der Waals surface area contributed by atoms with Gasteiger partial charge in [0.05, 0.1) is 25.2 Å². The Morgan fingerprint density at radius 2 is 2.33 bits per heavy atom. The first kappa shape index (κ1) is 9.67. The molecule has 0 N–H and O–H groups in total. The van der Waals surface area contributed by atoms with E-state index in [0.29, 0.717) is 5.69 Å². The zero-order valence-electron chi connectivity index (χ0n) is 8.54. The Balaban J connectivity index is 2.51. The molecule has 5 nitrogen and oxygen atoms in total. The van der Waals surface area contributed by atoms with Crippen molar-refractivity contribution in [2.24, 2.45) is 0 Å². The zero-order valence-corrected chi connectivity index (χ0v) is 8.54. The molecule has 0 bridgehead atoms. The van der Waals surface area contributed by atoms with E-state index in [1.165, 1.54) is 12.2 Å². The quantitative estimate of drug-likeness (QED) is 0.686. The third-order valence-corrected chi connectivity index (χ3v) is 2.23. The van der Waals surface area contributed by atoms with Crippen molar-refractivity contribution in [2.75, 3.05) is 14.2 Å². The largest absolute Gasteiger partial charge is 0.294 e. The predicted octanol–water partition coefficient (Wildman–Crippen LogP) is 0.968. The van der Waals surface area contributed by atoms with Crippen LogP contribution in [0.4, 0.5) is 0 Å². The highest BCUT2D eigenvalue weighted by Crippen LogP contribution is 2.08. The van der Waals surface area contributed by atoms with E-state index in [1.807, 2.05) is 12.1 Å². The number of aromatic nitrogens is 2. The number of carbonyl (C=O) groups excluding carboxylic acids is 1. The summed E-state index contributed by atoms with van der Waals surface area (Å²) in [5.41, 5.74) is 1.40. The summed E-state index contributed by atoms with van der Waals surface area (Å²) in [6.45, 7) is 0. The van der Waals surface area contributed by atoms with Crippen molar-refractivity contribution in [1.82, 2.24) is 14.4 Å². The second-order valence-corrected chi connectivity index (χ2v) is 3.08. The molecule has 0 radical (unpaired) electrons. The number of hydrogen-bond acceptors (Lipinski definition) is 3. The highest BCUT2D eigenvalue weighted by molar-refractivity contribution is 5.92. The maximum Gasteiger partial charge on any atom is 0.294 e. The SMILES string of the molecule is CON(C)C(=O)c1cccc2cncn12. The third-order valence-electron chi connectivity index (χ3n) is 2.23. The fourth-order valence-electron chi connectivity index (χ4n) is 1.37. The molecule has 0 spiro atoms. The minimum Gasteiger partial charge on any atom is -0.294 e. The van der Waals surface area contributed by atoms with Crippen LogP contribution in [0.5, 0.6) is 0 Å². The smallest absolute Gasteiger partial charge is 0.294 e. The van der Waals surface area contributed by atoms with Gasteiger partial charge in [0.2, 0.25) is 0 Å². The second kappa shape index (κ2) is 3.70. The summed E-state index contributed by atoms with van der Waals surface area (Å²) in [6, 6.07) is 5.43. The lowest BCUT2D eigenvalue weighted by Crippen LogP contribution is -2.27. The molecule has 2 heterocycles. The minimum atomic E-state index is -0.207. The fourth-order valence-corrected chi connectivity index (χ4v) is 1.37. The molecule has 0 aliphatic carbocycles. The molecule has 0 unspecified atom stereocenters. The molecular weight excluding hydrogens is 194 g/mol. The van der Waals surface area contributed by atoms with Crippen molar-refractivity contribution in [3.05, 3.63) is 36.4 Å². The van der Waals surface area contributed by atoms with Crippen LogP contribution in [-0.4, -0.2) is 34.5 Å². The molecule has 0 saturated heterocycles. The Morgan fingerprint density at radius 1 is 1.53 bits per heavy atom. The van der Waals surface area contributed by atoms with Crippen molar-refractivity contribution >= 4 is 11.4 Å². The van der Waals surface area contributed by atoms with Crippen LogP contribution in [0, 0.1) is 0 Å². The molecule has 5 heteroatoms. The monoisotopic (exact) mass is 205 g/mol. The van der Waals surface area contributed by atoms with Crippen LogP contribution in [0.3, 0.4) is 0 Å². The Kier molecular flexibility index (Phi) is 2.39. The number of hydroxylamine groups is 2. The van der Waals surface area contributed by atoms with Gasteiger partial charge in [-0.15, -0.1) is 0 Å². The van der Waals surface area contributed by atoms with Gasteiger partial charge in [0, 0.05) is 7.05 Å². The standard InChI is InChI=1S/C10H11N3O2/c1-12(15-2)10(14)9-5-3-4-8-6-11-7-13(8)9/h3-7H,1-2H3. The first-order valence-electron chi connectivity index (χ1n) is 4.47. The molecule has 0 fully saturated rings. The number of amides is 1. The van der Waals surface area contributed by atoms with Gasteiger partial charge >= 0.3 is 0 Å². The normalized spacial score (nSPS) is 10.5. The molecule has 2 aromatic rings. The summed E-state index contributed by atoms with van der Waals surface area (Å²) in [7, 11) is 3.02. The third kappa shape index (κ3) is 1.57. The molecule has 78 valence electrons. The number of rotatable bonds is 2. The molecular formula is C10H11N3O2. The van der Waals surface area contributed by atoms with Gasteiger partial charge in [0.15, 0.2) is 0 Å². The van der Waals surface area contributed by atoms with Crippen LogP contribution in [0.2, 0.25) is 0 Å². The summed E-state index contributed by atoms with van der Waals surface area (Å²) in [6.07, 6.45) is 3.30. The number of hydrogen-bond donors (Lipinski definition) is 0. The Labute approximate surface area is 86.9 Å². The van der Waals surface area contributed by atoms with Crippen molar-refractivity contribution in [3.8, 4) is 0 Å². The van der Waals surface area contributed by atoms with E-state index in [2.05, 4.69) is 4.98 Å². The van der Waals surface area contributed by atoms with E-state index in [1.54, 1.807) is 30.0 Å². The van der Waals surface area contributed by atoms with Crippen molar-refractivity contribution in [3.63, 3.8) is 0 Å². The minimum absolute atomic E-state index is 0.207. The number of nitrogens with zero attached hydrogens (tertiary/aromatic N) is 3. The lowest BCUT2D eigenvalue weighted by molar-refractivity contribution is -0.0761.